The molecular weight excluding hydrogens is 230 g/mol. The van der Waals surface area contributed by atoms with Crippen LogP contribution in [-0.4, -0.2) is 49.7 Å². The highest BCUT2D eigenvalue weighted by molar-refractivity contribution is 5.07. The predicted molar refractivity (Wildman–Crippen MR) is 66.5 cm³/mol. The first-order valence-electron chi connectivity index (χ1n) is 7.37. The maximum absolute atomic E-state index is 6.16. The predicted octanol–water partition coefficient (Wildman–Crippen LogP) is 1.09. The van der Waals surface area contributed by atoms with Crippen LogP contribution in [0.2, 0.25) is 0 Å². The van der Waals surface area contributed by atoms with Crippen molar-refractivity contribution < 1.29 is 14.2 Å². The van der Waals surface area contributed by atoms with Gasteiger partial charge in [0.05, 0.1) is 25.9 Å². The van der Waals surface area contributed by atoms with E-state index in [2.05, 4.69) is 12.2 Å². The van der Waals surface area contributed by atoms with Gasteiger partial charge >= 0.3 is 0 Å². The van der Waals surface area contributed by atoms with E-state index in [1.807, 2.05) is 0 Å². The normalized spacial score (nSPS) is 55.5. The van der Waals surface area contributed by atoms with Gasteiger partial charge in [0.1, 0.15) is 12.2 Å². The topological polar surface area (TPSA) is 39.7 Å². The van der Waals surface area contributed by atoms with Gasteiger partial charge in [0.2, 0.25) is 0 Å². The van der Waals surface area contributed by atoms with Crippen molar-refractivity contribution in [2.75, 3.05) is 19.8 Å². The molecule has 5 heterocycles. The zero-order valence-electron chi connectivity index (χ0n) is 11.1. The van der Waals surface area contributed by atoms with Gasteiger partial charge in [0, 0.05) is 17.5 Å². The van der Waals surface area contributed by atoms with Gasteiger partial charge in [0.15, 0.2) is 0 Å². The zero-order chi connectivity index (χ0) is 12.2. The highest BCUT2D eigenvalue weighted by atomic mass is 16.6. The number of piperidine rings is 1. The smallest absolute Gasteiger partial charge is 0.107 e. The van der Waals surface area contributed by atoms with Gasteiger partial charge in [-0.15, -0.1) is 0 Å². The third-order valence-electron chi connectivity index (χ3n) is 5.42. The molecule has 6 atom stereocenters. The lowest BCUT2D eigenvalue weighted by molar-refractivity contribution is -0.136. The molecule has 5 aliphatic heterocycles. The van der Waals surface area contributed by atoms with Crippen LogP contribution >= 0.6 is 0 Å². The van der Waals surface area contributed by atoms with Crippen LogP contribution in [0.25, 0.3) is 0 Å². The summed E-state index contributed by atoms with van der Waals surface area (Å²) in [5.74, 6) is 0.571. The van der Waals surface area contributed by atoms with E-state index >= 15 is 0 Å². The van der Waals surface area contributed by atoms with Crippen LogP contribution in [-0.2, 0) is 14.2 Å². The maximum atomic E-state index is 6.16. The van der Waals surface area contributed by atoms with Gasteiger partial charge in [0.25, 0.3) is 0 Å². The Morgan fingerprint density at radius 1 is 1.00 bits per heavy atom. The molecule has 0 aromatic heterocycles. The average Bonchev–Trinajstić information content (AvgIpc) is 2.57. The Hall–Kier alpha value is -0.160. The van der Waals surface area contributed by atoms with Gasteiger partial charge in [-0.05, 0) is 32.6 Å². The van der Waals surface area contributed by atoms with E-state index in [0.717, 1.165) is 6.04 Å². The van der Waals surface area contributed by atoms with Gasteiger partial charge < -0.3 is 19.5 Å². The molecule has 102 valence electrons. The zero-order valence-corrected chi connectivity index (χ0v) is 11.1. The van der Waals surface area contributed by atoms with Crippen LogP contribution < -0.4 is 5.32 Å². The van der Waals surface area contributed by atoms with Crippen molar-refractivity contribution in [3.05, 3.63) is 0 Å². The molecule has 5 saturated heterocycles. The number of hydrogen-bond acceptors (Lipinski definition) is 4. The Balaban J connectivity index is 1.58. The molecule has 1 N–H and O–H groups in total. The Bertz CT molecular complexity index is 329. The Morgan fingerprint density at radius 2 is 1.89 bits per heavy atom. The summed E-state index contributed by atoms with van der Waals surface area (Å²) >= 11 is 0. The van der Waals surface area contributed by atoms with Crippen LogP contribution in [0.4, 0.5) is 0 Å². The largest absolute Gasteiger partial charge is 0.372 e. The molecule has 0 aromatic carbocycles. The fraction of sp³-hybridized carbons (Fsp3) is 1.00. The minimum atomic E-state index is 0.143. The summed E-state index contributed by atoms with van der Waals surface area (Å²) in [6.07, 6.45) is 5.68. The summed E-state index contributed by atoms with van der Waals surface area (Å²) < 4.78 is 17.9. The third-order valence-corrected chi connectivity index (χ3v) is 5.42. The van der Waals surface area contributed by atoms with E-state index in [0.29, 0.717) is 25.7 Å². The molecule has 18 heavy (non-hydrogen) atoms. The number of hydrogen-bond donors (Lipinski definition) is 1. The van der Waals surface area contributed by atoms with Crippen molar-refractivity contribution in [2.45, 2.75) is 62.5 Å². The molecule has 0 radical (unpaired) electrons. The first-order chi connectivity index (χ1) is 8.74. The molecule has 0 aromatic rings. The summed E-state index contributed by atoms with van der Waals surface area (Å²) in [5.41, 5.74) is 0.249. The van der Waals surface area contributed by atoms with Gasteiger partial charge in [-0.3, -0.25) is 0 Å². The highest BCUT2D eigenvalue weighted by Gasteiger charge is 2.51. The van der Waals surface area contributed by atoms with E-state index in [-0.39, 0.29) is 23.9 Å². The Morgan fingerprint density at radius 3 is 2.72 bits per heavy atom. The summed E-state index contributed by atoms with van der Waals surface area (Å²) in [6.45, 7) is 4.50. The molecule has 0 saturated carbocycles. The van der Waals surface area contributed by atoms with E-state index in [4.69, 9.17) is 14.2 Å². The van der Waals surface area contributed by atoms with E-state index in [1.165, 1.54) is 25.7 Å². The molecule has 5 fully saturated rings. The molecule has 0 spiro atoms. The van der Waals surface area contributed by atoms with Crippen molar-refractivity contribution in [1.29, 1.82) is 0 Å². The molecule has 6 unspecified atom stereocenters. The second-order valence-electron chi connectivity index (χ2n) is 6.61. The number of ether oxygens (including phenoxy) is 3. The fourth-order valence-corrected chi connectivity index (χ4v) is 4.36. The minimum absolute atomic E-state index is 0.143. The highest BCUT2D eigenvalue weighted by Crippen LogP contribution is 2.44. The molecule has 4 bridgehead atoms. The van der Waals surface area contributed by atoms with Crippen molar-refractivity contribution in [3.8, 4) is 0 Å². The van der Waals surface area contributed by atoms with Crippen molar-refractivity contribution >= 4 is 0 Å². The van der Waals surface area contributed by atoms with Crippen molar-refractivity contribution in [2.24, 2.45) is 5.92 Å². The fourth-order valence-electron chi connectivity index (χ4n) is 4.36. The molecule has 0 amide bonds. The van der Waals surface area contributed by atoms with E-state index in [9.17, 15) is 0 Å². The minimum Gasteiger partial charge on any atom is -0.372 e. The number of nitrogens with one attached hydrogen (secondary N) is 1. The first kappa shape index (κ1) is 11.6. The number of fused-ring (bicyclic) bond motifs is 6. The monoisotopic (exact) mass is 253 g/mol. The van der Waals surface area contributed by atoms with Crippen LogP contribution in [0.15, 0.2) is 0 Å². The molecule has 4 nitrogen and oxygen atoms in total. The maximum Gasteiger partial charge on any atom is 0.107 e. The average molecular weight is 253 g/mol. The molecule has 4 heteroatoms. The quantitative estimate of drug-likeness (QED) is 0.759. The number of rotatable bonds is 1. The summed E-state index contributed by atoms with van der Waals surface area (Å²) in [4.78, 5) is 0. The molecule has 0 aliphatic carbocycles. The second-order valence-corrected chi connectivity index (χ2v) is 6.61. The lowest BCUT2D eigenvalue weighted by atomic mass is 9.75. The third kappa shape index (κ3) is 1.73. The van der Waals surface area contributed by atoms with Crippen LogP contribution in [0, 0.1) is 5.92 Å². The lowest BCUT2D eigenvalue weighted by Crippen LogP contribution is -2.57. The van der Waals surface area contributed by atoms with Crippen LogP contribution in [0.5, 0.6) is 0 Å². The van der Waals surface area contributed by atoms with Gasteiger partial charge in [-0.25, -0.2) is 0 Å². The second kappa shape index (κ2) is 4.17. The summed E-state index contributed by atoms with van der Waals surface area (Å²) in [5, 5.41) is 3.82. The van der Waals surface area contributed by atoms with Crippen LogP contribution in [0.3, 0.4) is 0 Å². The first-order valence-corrected chi connectivity index (χ1v) is 7.37. The van der Waals surface area contributed by atoms with Crippen molar-refractivity contribution in [1.82, 2.24) is 5.32 Å². The lowest BCUT2D eigenvalue weighted by Gasteiger charge is -2.44. The van der Waals surface area contributed by atoms with E-state index in [1.54, 1.807) is 0 Å². The summed E-state index contributed by atoms with van der Waals surface area (Å²) in [7, 11) is 0. The van der Waals surface area contributed by atoms with E-state index < -0.39 is 0 Å². The molecular formula is C14H23NO3. The van der Waals surface area contributed by atoms with Gasteiger partial charge in [-0.2, -0.15) is 0 Å². The SMILES string of the molecule is CC12CCC(CCC1C1OCC3COC1CO3)N2. The standard InChI is InChI=1S/C14H23NO3/c1-14-5-4-9(15-14)2-3-11(14)13-12-8-16-10(6-17-12)7-18-13/h9-13,15H,2-8H2,1H3. The van der Waals surface area contributed by atoms with Crippen molar-refractivity contribution in [3.63, 3.8) is 0 Å². The molecule has 5 rings (SSSR count). The van der Waals surface area contributed by atoms with Gasteiger partial charge in [-0.1, -0.05) is 0 Å². The Kier molecular flexibility index (Phi) is 2.70. The summed E-state index contributed by atoms with van der Waals surface area (Å²) in [6, 6.07) is 0.741. The Labute approximate surface area is 108 Å². The molecule has 5 aliphatic rings. The van der Waals surface area contributed by atoms with Crippen LogP contribution in [0.1, 0.15) is 32.6 Å².